The topological polar surface area (TPSA) is 73.2 Å². The van der Waals surface area contributed by atoms with Crippen molar-refractivity contribution < 1.29 is 9.47 Å². The van der Waals surface area contributed by atoms with Crippen molar-refractivity contribution in [1.29, 1.82) is 0 Å². The van der Waals surface area contributed by atoms with Gasteiger partial charge in [-0.25, -0.2) is 4.98 Å². The molecule has 2 unspecified atom stereocenters. The van der Waals surface area contributed by atoms with Crippen molar-refractivity contribution in [2.75, 3.05) is 14.2 Å². The fourth-order valence-corrected chi connectivity index (χ4v) is 1.82. The lowest BCUT2D eigenvalue weighted by Crippen LogP contribution is -2.23. The summed E-state index contributed by atoms with van der Waals surface area (Å²) >= 11 is 0. The highest BCUT2D eigenvalue weighted by molar-refractivity contribution is 5.79. The number of aromatic amines is 1. The number of hydrogen-bond donors (Lipinski definition) is 2. The first-order valence-corrected chi connectivity index (χ1v) is 5.94. The van der Waals surface area contributed by atoms with E-state index in [4.69, 9.17) is 15.2 Å². The molecule has 2 atom stereocenters. The summed E-state index contributed by atoms with van der Waals surface area (Å²) < 4.78 is 10.5. The van der Waals surface area contributed by atoms with E-state index in [0.29, 0.717) is 11.5 Å². The Bertz CT molecular complexity index is 507. The SMILES string of the molecule is COc1cc2nc(C(C)C(C)N)[nH]c2cc1OC. The zero-order valence-electron chi connectivity index (χ0n) is 11.2. The van der Waals surface area contributed by atoms with E-state index in [1.54, 1.807) is 14.2 Å². The smallest absolute Gasteiger partial charge is 0.163 e. The molecule has 0 saturated carbocycles. The predicted octanol–water partition coefficient (Wildman–Crippen LogP) is 2.03. The molecule has 0 fully saturated rings. The summed E-state index contributed by atoms with van der Waals surface area (Å²) in [5.74, 6) is 2.43. The van der Waals surface area contributed by atoms with Crippen LogP contribution in [-0.2, 0) is 0 Å². The maximum atomic E-state index is 5.89. The van der Waals surface area contributed by atoms with Gasteiger partial charge in [0.05, 0.1) is 25.3 Å². The number of nitrogens with two attached hydrogens (primary N) is 1. The number of methoxy groups -OCH3 is 2. The van der Waals surface area contributed by atoms with Crippen LogP contribution in [0.4, 0.5) is 0 Å². The molecule has 0 bridgehead atoms. The van der Waals surface area contributed by atoms with Crippen molar-refractivity contribution in [2.45, 2.75) is 25.8 Å². The third-order valence-electron chi connectivity index (χ3n) is 3.23. The molecule has 1 aromatic heterocycles. The first-order chi connectivity index (χ1) is 8.56. The molecule has 98 valence electrons. The van der Waals surface area contributed by atoms with Crippen LogP contribution in [0.25, 0.3) is 11.0 Å². The van der Waals surface area contributed by atoms with Gasteiger partial charge in [-0.3, -0.25) is 0 Å². The van der Waals surface area contributed by atoms with Gasteiger partial charge in [-0.1, -0.05) is 6.92 Å². The van der Waals surface area contributed by atoms with E-state index in [2.05, 4.69) is 16.9 Å². The summed E-state index contributed by atoms with van der Waals surface area (Å²) in [4.78, 5) is 7.82. The Labute approximate surface area is 106 Å². The molecule has 2 rings (SSSR count). The number of imidazole rings is 1. The summed E-state index contributed by atoms with van der Waals surface area (Å²) in [6.07, 6.45) is 0. The molecular formula is C13H19N3O2. The van der Waals surface area contributed by atoms with E-state index in [-0.39, 0.29) is 12.0 Å². The maximum absolute atomic E-state index is 5.89. The van der Waals surface area contributed by atoms with Gasteiger partial charge in [-0.15, -0.1) is 0 Å². The summed E-state index contributed by atoms with van der Waals surface area (Å²) in [5, 5.41) is 0. The van der Waals surface area contributed by atoms with Crippen LogP contribution in [0.1, 0.15) is 25.6 Å². The van der Waals surface area contributed by atoms with Gasteiger partial charge in [-0.2, -0.15) is 0 Å². The Morgan fingerprint density at radius 3 is 2.33 bits per heavy atom. The second-order valence-electron chi connectivity index (χ2n) is 4.49. The summed E-state index contributed by atoms with van der Waals surface area (Å²) in [7, 11) is 3.23. The lowest BCUT2D eigenvalue weighted by Gasteiger charge is -2.11. The highest BCUT2D eigenvalue weighted by Gasteiger charge is 2.16. The van der Waals surface area contributed by atoms with Gasteiger partial charge in [0, 0.05) is 24.1 Å². The molecule has 0 spiro atoms. The van der Waals surface area contributed by atoms with Crippen molar-refractivity contribution >= 4 is 11.0 Å². The minimum absolute atomic E-state index is 0.0503. The average Bonchev–Trinajstić information content (AvgIpc) is 2.78. The molecule has 0 radical (unpaired) electrons. The minimum Gasteiger partial charge on any atom is -0.493 e. The highest BCUT2D eigenvalue weighted by Crippen LogP contribution is 2.32. The van der Waals surface area contributed by atoms with Crippen LogP contribution in [0.2, 0.25) is 0 Å². The molecule has 1 aromatic carbocycles. The Morgan fingerprint density at radius 2 is 1.78 bits per heavy atom. The normalized spacial score (nSPS) is 14.5. The largest absolute Gasteiger partial charge is 0.493 e. The van der Waals surface area contributed by atoms with Crippen LogP contribution in [-0.4, -0.2) is 30.2 Å². The lowest BCUT2D eigenvalue weighted by molar-refractivity contribution is 0.356. The molecule has 0 aliphatic rings. The van der Waals surface area contributed by atoms with Crippen LogP contribution in [0.15, 0.2) is 12.1 Å². The van der Waals surface area contributed by atoms with E-state index in [9.17, 15) is 0 Å². The van der Waals surface area contributed by atoms with Gasteiger partial charge in [0.2, 0.25) is 0 Å². The fourth-order valence-electron chi connectivity index (χ4n) is 1.82. The van der Waals surface area contributed by atoms with E-state index in [1.165, 1.54) is 0 Å². The number of benzene rings is 1. The fraction of sp³-hybridized carbons (Fsp3) is 0.462. The van der Waals surface area contributed by atoms with Gasteiger partial charge in [0.15, 0.2) is 11.5 Å². The van der Waals surface area contributed by atoms with Gasteiger partial charge in [-0.05, 0) is 6.92 Å². The summed E-state index contributed by atoms with van der Waals surface area (Å²) in [6.45, 7) is 4.02. The van der Waals surface area contributed by atoms with Crippen molar-refractivity contribution in [1.82, 2.24) is 9.97 Å². The zero-order chi connectivity index (χ0) is 13.3. The zero-order valence-corrected chi connectivity index (χ0v) is 11.2. The quantitative estimate of drug-likeness (QED) is 0.869. The van der Waals surface area contributed by atoms with Crippen molar-refractivity contribution in [3.05, 3.63) is 18.0 Å². The van der Waals surface area contributed by atoms with Crippen molar-refractivity contribution in [3.63, 3.8) is 0 Å². The van der Waals surface area contributed by atoms with Crippen LogP contribution >= 0.6 is 0 Å². The molecule has 0 aliphatic heterocycles. The number of fused-ring (bicyclic) bond motifs is 1. The van der Waals surface area contributed by atoms with Crippen molar-refractivity contribution in [2.24, 2.45) is 5.73 Å². The van der Waals surface area contributed by atoms with Crippen LogP contribution < -0.4 is 15.2 Å². The average molecular weight is 249 g/mol. The van der Waals surface area contributed by atoms with Gasteiger partial charge in [0.25, 0.3) is 0 Å². The molecule has 2 aromatic rings. The Kier molecular flexibility index (Phi) is 3.43. The first kappa shape index (κ1) is 12.7. The monoisotopic (exact) mass is 249 g/mol. The van der Waals surface area contributed by atoms with Crippen LogP contribution in [0.5, 0.6) is 11.5 Å². The number of rotatable bonds is 4. The van der Waals surface area contributed by atoms with Crippen LogP contribution in [0.3, 0.4) is 0 Å². The van der Waals surface area contributed by atoms with Crippen LogP contribution in [0, 0.1) is 0 Å². The molecule has 3 N–H and O–H groups in total. The molecule has 5 nitrogen and oxygen atoms in total. The number of H-pyrrole nitrogens is 1. The van der Waals surface area contributed by atoms with Gasteiger partial charge in [0.1, 0.15) is 5.82 Å². The molecule has 5 heteroatoms. The van der Waals surface area contributed by atoms with Gasteiger partial charge < -0.3 is 20.2 Å². The Morgan fingerprint density at radius 1 is 1.17 bits per heavy atom. The molecule has 1 heterocycles. The number of nitrogens with one attached hydrogen (secondary N) is 1. The minimum atomic E-state index is 0.0503. The number of ether oxygens (including phenoxy) is 2. The van der Waals surface area contributed by atoms with E-state index in [0.717, 1.165) is 16.9 Å². The third-order valence-corrected chi connectivity index (χ3v) is 3.23. The van der Waals surface area contributed by atoms with E-state index < -0.39 is 0 Å². The van der Waals surface area contributed by atoms with E-state index >= 15 is 0 Å². The lowest BCUT2D eigenvalue weighted by atomic mass is 10.0. The molecular weight excluding hydrogens is 230 g/mol. The standard InChI is InChI=1S/C13H19N3O2/c1-7(8(2)14)13-15-9-5-11(17-3)12(18-4)6-10(9)16-13/h5-8H,14H2,1-4H3,(H,15,16). The Balaban J connectivity index is 2.51. The van der Waals surface area contributed by atoms with E-state index in [1.807, 2.05) is 19.1 Å². The third kappa shape index (κ3) is 2.13. The Hall–Kier alpha value is -1.75. The molecule has 18 heavy (non-hydrogen) atoms. The number of nitrogens with zero attached hydrogens (tertiary/aromatic N) is 1. The second kappa shape index (κ2) is 4.86. The first-order valence-electron chi connectivity index (χ1n) is 5.94. The molecule has 0 aliphatic carbocycles. The van der Waals surface area contributed by atoms with Gasteiger partial charge >= 0.3 is 0 Å². The molecule has 0 amide bonds. The predicted molar refractivity (Wildman–Crippen MR) is 71.3 cm³/mol. The highest BCUT2D eigenvalue weighted by atomic mass is 16.5. The summed E-state index contributed by atoms with van der Waals surface area (Å²) in [5.41, 5.74) is 7.68. The second-order valence-corrected chi connectivity index (χ2v) is 4.49. The summed E-state index contributed by atoms with van der Waals surface area (Å²) in [6, 6.07) is 3.80. The maximum Gasteiger partial charge on any atom is 0.163 e. The van der Waals surface area contributed by atoms with Crippen molar-refractivity contribution in [3.8, 4) is 11.5 Å². The number of hydrogen-bond acceptors (Lipinski definition) is 4. The molecule has 0 saturated heterocycles. The number of aromatic nitrogens is 2.